The number of halogens is 4. The largest absolute Gasteiger partial charge is 0.356 e. The number of nitrogens with one attached hydrogen (secondary N) is 2. The van der Waals surface area contributed by atoms with Gasteiger partial charge in [0.05, 0.1) is 22.0 Å². The average Bonchev–Trinajstić information content (AvgIpc) is 3.35. The molecule has 11 heteroatoms. The maximum absolute atomic E-state index is 12.3. The van der Waals surface area contributed by atoms with Crippen LogP contribution >= 0.6 is 59.4 Å². The van der Waals surface area contributed by atoms with E-state index in [1.54, 1.807) is 36.1 Å². The highest BCUT2D eigenvalue weighted by atomic mass is 79.9. The minimum atomic E-state index is -0.347. The number of benzene rings is 1. The number of carbonyl (C=O) groups is 1. The molecule has 2 unspecified atom stereocenters. The van der Waals surface area contributed by atoms with Gasteiger partial charge >= 0.3 is 0 Å². The van der Waals surface area contributed by atoms with E-state index in [0.717, 1.165) is 14.6 Å². The van der Waals surface area contributed by atoms with Crippen molar-refractivity contribution >= 4 is 71.0 Å². The SMILES string of the molecule is CNC(=O)c1cc(Br)cc(Br)c1NC1OC1c1cc(Br)nn1-c1ncccc1Cl. The molecular formula is C18H13Br3ClN5O2. The van der Waals surface area contributed by atoms with Crippen molar-refractivity contribution < 1.29 is 9.53 Å². The number of pyridine rings is 1. The third kappa shape index (κ3) is 4.22. The Kier molecular flexibility index (Phi) is 5.99. The highest BCUT2D eigenvalue weighted by Gasteiger charge is 2.44. The molecule has 0 bridgehead atoms. The first kappa shape index (κ1) is 20.8. The number of ether oxygens (including phenoxy) is 1. The molecule has 2 atom stereocenters. The second kappa shape index (κ2) is 8.35. The zero-order chi connectivity index (χ0) is 20.7. The number of anilines is 1. The number of aromatic nitrogens is 3. The van der Waals surface area contributed by atoms with E-state index in [-0.39, 0.29) is 18.2 Å². The van der Waals surface area contributed by atoms with Crippen LogP contribution in [0.25, 0.3) is 5.82 Å². The molecule has 1 amide bonds. The van der Waals surface area contributed by atoms with Crippen molar-refractivity contribution in [1.82, 2.24) is 20.1 Å². The summed E-state index contributed by atoms with van der Waals surface area (Å²) >= 11 is 16.6. The summed E-state index contributed by atoms with van der Waals surface area (Å²) in [6, 6.07) is 8.97. The van der Waals surface area contributed by atoms with E-state index in [4.69, 9.17) is 16.3 Å². The van der Waals surface area contributed by atoms with Crippen molar-refractivity contribution in [3.8, 4) is 5.82 Å². The van der Waals surface area contributed by atoms with E-state index in [9.17, 15) is 4.79 Å². The summed E-state index contributed by atoms with van der Waals surface area (Å²) in [4.78, 5) is 16.6. The van der Waals surface area contributed by atoms with E-state index < -0.39 is 0 Å². The van der Waals surface area contributed by atoms with Crippen LogP contribution in [0, 0.1) is 0 Å². The lowest BCUT2D eigenvalue weighted by molar-refractivity contribution is 0.0963. The molecule has 1 aromatic carbocycles. The van der Waals surface area contributed by atoms with Gasteiger partial charge in [-0.15, -0.1) is 0 Å². The van der Waals surface area contributed by atoms with Crippen molar-refractivity contribution in [3.05, 3.63) is 66.4 Å². The van der Waals surface area contributed by atoms with Crippen LogP contribution in [0.4, 0.5) is 5.69 Å². The fraction of sp³-hybridized carbons (Fsp3) is 0.167. The molecule has 1 fully saturated rings. The second-order valence-corrected chi connectivity index (χ2v) is 9.11. The molecule has 0 spiro atoms. The van der Waals surface area contributed by atoms with Crippen molar-refractivity contribution in [3.63, 3.8) is 0 Å². The summed E-state index contributed by atoms with van der Waals surface area (Å²) < 4.78 is 9.66. The molecule has 1 aliphatic heterocycles. The number of hydrogen-bond acceptors (Lipinski definition) is 5. The van der Waals surface area contributed by atoms with Crippen LogP contribution < -0.4 is 10.6 Å². The van der Waals surface area contributed by atoms with E-state index >= 15 is 0 Å². The lowest BCUT2D eigenvalue weighted by Gasteiger charge is -2.13. The first-order chi connectivity index (χ1) is 13.9. The lowest BCUT2D eigenvalue weighted by atomic mass is 10.1. The van der Waals surface area contributed by atoms with Gasteiger partial charge in [0.15, 0.2) is 12.0 Å². The molecule has 0 radical (unpaired) electrons. The number of epoxide rings is 1. The van der Waals surface area contributed by atoms with Gasteiger partial charge in [-0.25, -0.2) is 9.67 Å². The van der Waals surface area contributed by atoms with Crippen molar-refractivity contribution in [2.45, 2.75) is 12.3 Å². The predicted octanol–water partition coefficient (Wildman–Crippen LogP) is 5.08. The first-order valence-corrected chi connectivity index (χ1v) is 11.1. The van der Waals surface area contributed by atoms with Gasteiger partial charge in [0.2, 0.25) is 0 Å². The molecular weight excluding hydrogens is 593 g/mol. The molecule has 3 aromatic rings. The quantitative estimate of drug-likeness (QED) is 0.396. The second-order valence-electron chi connectivity index (χ2n) is 6.12. The van der Waals surface area contributed by atoms with Crippen molar-refractivity contribution in [2.75, 3.05) is 12.4 Å². The van der Waals surface area contributed by atoms with Gasteiger partial charge in [-0.1, -0.05) is 27.5 Å². The van der Waals surface area contributed by atoms with E-state index in [1.807, 2.05) is 12.1 Å². The molecule has 3 heterocycles. The summed E-state index contributed by atoms with van der Waals surface area (Å²) in [7, 11) is 1.59. The number of carbonyl (C=O) groups excluding carboxylic acids is 1. The fourth-order valence-corrected chi connectivity index (χ4v) is 4.83. The van der Waals surface area contributed by atoms with Crippen LogP contribution in [0.2, 0.25) is 5.02 Å². The van der Waals surface area contributed by atoms with Gasteiger partial charge < -0.3 is 15.4 Å². The molecule has 29 heavy (non-hydrogen) atoms. The Balaban J connectivity index is 1.63. The van der Waals surface area contributed by atoms with Gasteiger partial charge in [-0.3, -0.25) is 4.79 Å². The maximum Gasteiger partial charge on any atom is 0.253 e. The molecule has 2 aromatic heterocycles. The number of nitrogens with zero attached hydrogens (tertiary/aromatic N) is 3. The lowest BCUT2D eigenvalue weighted by Crippen LogP contribution is -2.21. The summed E-state index contributed by atoms with van der Waals surface area (Å²) in [5.74, 6) is 0.305. The molecule has 1 aliphatic rings. The van der Waals surface area contributed by atoms with Gasteiger partial charge in [0.25, 0.3) is 5.91 Å². The van der Waals surface area contributed by atoms with Gasteiger partial charge in [-0.2, -0.15) is 5.10 Å². The Morgan fingerprint density at radius 3 is 2.79 bits per heavy atom. The third-order valence-electron chi connectivity index (χ3n) is 4.24. The molecule has 2 N–H and O–H groups in total. The standard InChI is InChI=1S/C18H13Br3ClN5O2/c1-23-17(28)9-5-8(19)6-10(20)14(9)25-18-15(29-18)12-7-13(21)26-27(12)16-11(22)3-2-4-24-16/h2-7,15,18,25H,1H3,(H,23,28). The van der Waals surface area contributed by atoms with Crippen molar-refractivity contribution in [2.24, 2.45) is 0 Å². The van der Waals surface area contributed by atoms with Crippen LogP contribution in [0.3, 0.4) is 0 Å². The predicted molar refractivity (Wildman–Crippen MR) is 121 cm³/mol. The van der Waals surface area contributed by atoms with Gasteiger partial charge in [0.1, 0.15) is 10.7 Å². The van der Waals surface area contributed by atoms with E-state index in [0.29, 0.717) is 26.7 Å². The van der Waals surface area contributed by atoms with Gasteiger partial charge in [-0.05, 0) is 62.2 Å². The Morgan fingerprint density at radius 2 is 2.07 bits per heavy atom. The zero-order valence-corrected chi connectivity index (χ0v) is 20.3. The Morgan fingerprint density at radius 1 is 1.28 bits per heavy atom. The average molecular weight is 606 g/mol. The summed E-state index contributed by atoms with van der Waals surface area (Å²) in [6.07, 6.45) is 1.01. The third-order valence-corrected chi connectivity index (χ3v) is 6.01. The minimum Gasteiger partial charge on any atom is -0.356 e. The summed E-state index contributed by atoms with van der Waals surface area (Å²) in [5.41, 5.74) is 1.91. The molecule has 4 rings (SSSR count). The summed E-state index contributed by atoms with van der Waals surface area (Å²) in [6.45, 7) is 0. The smallest absolute Gasteiger partial charge is 0.253 e. The number of rotatable bonds is 5. The topological polar surface area (TPSA) is 84.4 Å². The summed E-state index contributed by atoms with van der Waals surface area (Å²) in [5, 5.41) is 10.8. The normalized spacial score (nSPS) is 17.8. The van der Waals surface area contributed by atoms with Crippen LogP contribution in [0.15, 0.2) is 50.1 Å². The fourth-order valence-electron chi connectivity index (χ4n) is 2.89. The highest BCUT2D eigenvalue weighted by molar-refractivity contribution is 9.11. The van der Waals surface area contributed by atoms with Crippen LogP contribution in [-0.4, -0.2) is 33.9 Å². The maximum atomic E-state index is 12.3. The monoisotopic (exact) mass is 603 g/mol. The van der Waals surface area contributed by atoms with Gasteiger partial charge in [0, 0.05) is 22.2 Å². The van der Waals surface area contributed by atoms with Crippen LogP contribution in [-0.2, 0) is 4.74 Å². The van der Waals surface area contributed by atoms with Crippen molar-refractivity contribution in [1.29, 1.82) is 0 Å². The Hall–Kier alpha value is -1.46. The number of hydrogen-bond donors (Lipinski definition) is 2. The first-order valence-electron chi connectivity index (χ1n) is 8.38. The van der Waals surface area contributed by atoms with E-state index in [2.05, 4.69) is 68.5 Å². The molecule has 150 valence electrons. The molecule has 7 nitrogen and oxygen atoms in total. The zero-order valence-electron chi connectivity index (χ0n) is 14.8. The number of amides is 1. The van der Waals surface area contributed by atoms with E-state index in [1.165, 1.54) is 0 Å². The Bertz CT molecular complexity index is 1110. The highest BCUT2D eigenvalue weighted by Crippen LogP contribution is 2.43. The van der Waals surface area contributed by atoms with Crippen LogP contribution in [0.1, 0.15) is 22.2 Å². The molecule has 0 saturated carbocycles. The molecule has 0 aliphatic carbocycles. The Labute approximate surface area is 196 Å². The minimum absolute atomic E-state index is 0.209. The van der Waals surface area contributed by atoms with Crippen LogP contribution in [0.5, 0.6) is 0 Å². The molecule has 1 saturated heterocycles.